The van der Waals surface area contributed by atoms with Gasteiger partial charge in [-0.25, -0.2) is 0 Å². The van der Waals surface area contributed by atoms with Crippen LogP contribution in [0.4, 0.5) is 0 Å². The van der Waals surface area contributed by atoms with Crippen LogP contribution in [0.2, 0.25) is 0 Å². The number of hydrogen-bond acceptors (Lipinski definition) is 13. The fourth-order valence-electron chi connectivity index (χ4n) is 6.99. The summed E-state index contributed by atoms with van der Waals surface area (Å²) in [5.41, 5.74) is 0. The number of ether oxygens (including phenoxy) is 9. The van der Waals surface area contributed by atoms with Crippen molar-refractivity contribution in [3.05, 3.63) is 0 Å². The van der Waals surface area contributed by atoms with Crippen molar-refractivity contribution in [1.29, 1.82) is 0 Å². The maximum absolute atomic E-state index is 12.5. The van der Waals surface area contributed by atoms with E-state index in [-0.39, 0.29) is 44.1 Å². The van der Waals surface area contributed by atoms with Crippen molar-refractivity contribution in [2.45, 2.75) is 187 Å². The summed E-state index contributed by atoms with van der Waals surface area (Å²) in [4.78, 5) is 26.7. The van der Waals surface area contributed by atoms with Crippen LogP contribution in [0.25, 0.3) is 0 Å². The van der Waals surface area contributed by atoms with Gasteiger partial charge in [0, 0.05) is 26.2 Å². The number of aliphatic hydroxyl groups is 1. The predicted octanol–water partition coefficient (Wildman–Crippen LogP) is 9.66. The Morgan fingerprint density at radius 2 is 0.762 bits per heavy atom. The molecule has 0 amide bonds. The van der Waals surface area contributed by atoms with E-state index in [9.17, 15) is 14.7 Å². The summed E-state index contributed by atoms with van der Waals surface area (Å²) >= 11 is 0. The number of esters is 2. The highest BCUT2D eigenvalue weighted by Crippen LogP contribution is 2.17. The summed E-state index contributed by atoms with van der Waals surface area (Å²) in [6.45, 7) is 15.0. The van der Waals surface area contributed by atoms with E-state index in [1.807, 2.05) is 4.90 Å². The van der Waals surface area contributed by atoms with E-state index >= 15 is 0 Å². The van der Waals surface area contributed by atoms with Crippen LogP contribution in [0.3, 0.4) is 0 Å². The molecule has 0 aliphatic rings. The topological polar surface area (TPSA) is 141 Å². The molecule has 0 aromatic heterocycles. The van der Waals surface area contributed by atoms with Gasteiger partial charge in [0.2, 0.25) is 0 Å². The largest absolute Gasteiger partial charge is 0.463 e. The fourth-order valence-corrected chi connectivity index (χ4v) is 6.99. The van der Waals surface area contributed by atoms with Crippen molar-refractivity contribution < 1.29 is 57.3 Å². The summed E-state index contributed by atoms with van der Waals surface area (Å²) in [5.74, 6) is -0.466. The lowest BCUT2D eigenvalue weighted by atomic mass is 10.0. The first-order chi connectivity index (χ1) is 31.1. The van der Waals surface area contributed by atoms with Crippen molar-refractivity contribution in [2.24, 2.45) is 0 Å². The SMILES string of the molecule is CCCCCCCCCCCOCCOCCOCCOC(=O)CCN(CCO)CCOCCOCCOCCOCCC(=O)OC(CCCCCCCC)CCCCCCCC. The van der Waals surface area contributed by atoms with Gasteiger partial charge in [0.15, 0.2) is 0 Å². The Balaban J connectivity index is 3.71. The summed E-state index contributed by atoms with van der Waals surface area (Å²) in [6.07, 6.45) is 29.1. The standard InChI is InChI=1S/C50H99NO12/c1-4-7-10-13-16-17-18-21-24-33-55-36-39-58-44-45-61-46-47-62-49(53)27-29-51(30-32-52)31-35-57-38-41-60-43-42-59-40-37-56-34-28-50(54)63-48(25-22-19-14-11-8-5-2)26-23-20-15-12-9-6-3/h48,52H,4-47H2,1-3H3. The number of rotatable bonds is 54. The summed E-state index contributed by atoms with van der Waals surface area (Å²) in [5, 5.41) is 9.44. The van der Waals surface area contributed by atoms with Crippen molar-refractivity contribution in [2.75, 3.05) is 125 Å². The molecule has 0 fully saturated rings. The second-order valence-electron chi connectivity index (χ2n) is 16.6. The number of hydrogen-bond donors (Lipinski definition) is 1. The monoisotopic (exact) mass is 906 g/mol. The molecule has 0 bridgehead atoms. The average Bonchev–Trinajstić information content (AvgIpc) is 3.28. The van der Waals surface area contributed by atoms with E-state index in [4.69, 9.17) is 42.6 Å². The Labute approximate surface area is 386 Å². The molecule has 0 aromatic carbocycles. The van der Waals surface area contributed by atoms with Crippen molar-refractivity contribution in [3.63, 3.8) is 0 Å². The second-order valence-corrected chi connectivity index (χ2v) is 16.6. The molecule has 0 saturated heterocycles. The number of nitrogens with zero attached hydrogens (tertiary/aromatic N) is 1. The Kier molecular flexibility index (Phi) is 52.0. The molecule has 13 heteroatoms. The van der Waals surface area contributed by atoms with E-state index in [1.54, 1.807) is 0 Å². The quantitative estimate of drug-likeness (QED) is 0.0458. The van der Waals surface area contributed by atoms with Crippen LogP contribution in [-0.4, -0.2) is 153 Å². The van der Waals surface area contributed by atoms with Gasteiger partial charge in [0.05, 0.1) is 105 Å². The Hall–Kier alpha value is -1.42. The molecule has 0 heterocycles. The first-order valence-corrected chi connectivity index (χ1v) is 25.8. The van der Waals surface area contributed by atoms with Gasteiger partial charge < -0.3 is 47.7 Å². The van der Waals surface area contributed by atoms with E-state index in [0.29, 0.717) is 106 Å². The summed E-state index contributed by atoms with van der Waals surface area (Å²) in [6, 6.07) is 0. The van der Waals surface area contributed by atoms with Crippen molar-refractivity contribution in [1.82, 2.24) is 4.90 Å². The molecule has 0 unspecified atom stereocenters. The van der Waals surface area contributed by atoms with Gasteiger partial charge in [-0.1, -0.05) is 136 Å². The molecule has 0 radical (unpaired) electrons. The molecule has 0 aromatic rings. The first-order valence-electron chi connectivity index (χ1n) is 25.8. The van der Waals surface area contributed by atoms with E-state index in [2.05, 4.69) is 20.8 Å². The maximum atomic E-state index is 12.5. The molecule has 376 valence electrons. The van der Waals surface area contributed by atoms with Gasteiger partial charge in [-0.2, -0.15) is 0 Å². The second kappa shape index (κ2) is 53.2. The van der Waals surface area contributed by atoms with Crippen LogP contribution in [0.1, 0.15) is 181 Å². The molecule has 13 nitrogen and oxygen atoms in total. The van der Waals surface area contributed by atoms with E-state index in [0.717, 1.165) is 38.7 Å². The molecular formula is C50H99NO12. The molecule has 0 saturated carbocycles. The van der Waals surface area contributed by atoms with Gasteiger partial charge in [-0.15, -0.1) is 0 Å². The molecule has 1 N–H and O–H groups in total. The maximum Gasteiger partial charge on any atom is 0.308 e. The fraction of sp³-hybridized carbons (Fsp3) is 0.960. The van der Waals surface area contributed by atoms with Crippen molar-refractivity contribution >= 4 is 11.9 Å². The normalized spacial score (nSPS) is 11.7. The Bertz CT molecular complexity index is 901. The highest BCUT2D eigenvalue weighted by atomic mass is 16.6. The lowest BCUT2D eigenvalue weighted by molar-refractivity contribution is -0.151. The highest BCUT2D eigenvalue weighted by molar-refractivity contribution is 5.69. The third kappa shape index (κ3) is 49.8. The van der Waals surface area contributed by atoms with Gasteiger partial charge >= 0.3 is 11.9 Å². The van der Waals surface area contributed by atoms with Crippen molar-refractivity contribution in [3.8, 4) is 0 Å². The summed E-state index contributed by atoms with van der Waals surface area (Å²) in [7, 11) is 0. The van der Waals surface area contributed by atoms with Gasteiger partial charge in [-0.05, 0) is 32.1 Å². The van der Waals surface area contributed by atoms with Gasteiger partial charge in [0.1, 0.15) is 12.7 Å². The first kappa shape index (κ1) is 61.6. The van der Waals surface area contributed by atoms with E-state index in [1.165, 1.54) is 116 Å². The van der Waals surface area contributed by atoms with Crippen LogP contribution in [-0.2, 0) is 52.2 Å². The lowest BCUT2D eigenvalue weighted by Crippen LogP contribution is -2.33. The van der Waals surface area contributed by atoms with Crippen LogP contribution in [0.5, 0.6) is 0 Å². The third-order valence-corrected chi connectivity index (χ3v) is 10.9. The highest BCUT2D eigenvalue weighted by Gasteiger charge is 2.15. The van der Waals surface area contributed by atoms with Crippen LogP contribution >= 0.6 is 0 Å². The van der Waals surface area contributed by atoms with Crippen LogP contribution in [0.15, 0.2) is 0 Å². The van der Waals surface area contributed by atoms with E-state index < -0.39 is 0 Å². The molecular weight excluding hydrogens is 807 g/mol. The Morgan fingerprint density at radius 1 is 0.381 bits per heavy atom. The third-order valence-electron chi connectivity index (χ3n) is 10.9. The number of aliphatic hydroxyl groups excluding tert-OH is 1. The Morgan fingerprint density at radius 3 is 1.22 bits per heavy atom. The van der Waals surface area contributed by atoms with Gasteiger partial charge in [0.25, 0.3) is 0 Å². The molecule has 0 atom stereocenters. The smallest absolute Gasteiger partial charge is 0.308 e. The zero-order chi connectivity index (χ0) is 45.8. The number of carbonyl (C=O) groups excluding carboxylic acids is 2. The minimum Gasteiger partial charge on any atom is -0.463 e. The minimum atomic E-state index is -0.300. The lowest BCUT2D eigenvalue weighted by Gasteiger charge is -2.20. The predicted molar refractivity (Wildman–Crippen MR) is 253 cm³/mol. The van der Waals surface area contributed by atoms with Crippen LogP contribution in [0, 0.1) is 0 Å². The number of carbonyl (C=O) groups is 2. The van der Waals surface area contributed by atoms with Crippen LogP contribution < -0.4 is 0 Å². The molecule has 0 rings (SSSR count). The molecule has 0 aliphatic heterocycles. The minimum absolute atomic E-state index is 0.00375. The van der Waals surface area contributed by atoms with Gasteiger partial charge in [-0.3, -0.25) is 14.5 Å². The zero-order valence-electron chi connectivity index (χ0n) is 41.1. The average molecular weight is 906 g/mol. The molecule has 0 spiro atoms. The molecule has 63 heavy (non-hydrogen) atoms. The molecule has 0 aliphatic carbocycles. The summed E-state index contributed by atoms with van der Waals surface area (Å²) < 4.78 is 50.3. The zero-order valence-corrected chi connectivity index (χ0v) is 41.1. The number of unbranched alkanes of at least 4 members (excludes halogenated alkanes) is 18.